The Morgan fingerprint density at radius 3 is 2.89 bits per heavy atom. The number of ether oxygens (including phenoxy) is 1. The molecule has 1 N–H and O–H groups in total. The van der Waals surface area contributed by atoms with E-state index >= 15 is 0 Å². The lowest BCUT2D eigenvalue weighted by Gasteiger charge is -2.28. The predicted octanol–water partition coefficient (Wildman–Crippen LogP) is 2.98. The van der Waals surface area contributed by atoms with Gasteiger partial charge in [-0.2, -0.15) is 0 Å². The van der Waals surface area contributed by atoms with Crippen LogP contribution in [0.2, 0.25) is 0 Å². The van der Waals surface area contributed by atoms with Gasteiger partial charge in [-0.15, -0.1) is 0 Å². The van der Waals surface area contributed by atoms with E-state index in [0.717, 1.165) is 12.8 Å². The number of hydrogen-bond donors (Lipinski definition) is 1. The summed E-state index contributed by atoms with van der Waals surface area (Å²) in [7, 11) is -1.47. The summed E-state index contributed by atoms with van der Waals surface area (Å²) in [6.07, 6.45) is 1.17. The number of rotatable bonds is 4. The Hall–Kier alpha value is -2.49. The third kappa shape index (κ3) is 4.44. The first-order valence-corrected chi connectivity index (χ1v) is 9.98. The highest BCUT2D eigenvalue weighted by atomic mass is 32.2. The summed E-state index contributed by atoms with van der Waals surface area (Å²) in [4.78, 5) is 31.5. The topological polar surface area (TPSA) is 118 Å². The molecule has 1 aromatic carbocycles. The number of nitro benzene ring substituents is 1. The molecule has 0 aliphatic carbocycles. The molecule has 9 nitrogen and oxygen atoms in total. The highest BCUT2D eigenvalue weighted by Crippen LogP contribution is 2.24. The largest absolute Gasteiger partial charge is 0.444 e. The van der Waals surface area contributed by atoms with Crippen LogP contribution in [0.15, 0.2) is 23.4 Å². The van der Waals surface area contributed by atoms with E-state index in [-0.39, 0.29) is 22.6 Å². The number of amides is 1. The number of carbonyl (C=O) groups excluding carboxylic acids is 1. The number of carbonyl (C=O) groups is 1. The minimum absolute atomic E-state index is 0.0598. The van der Waals surface area contributed by atoms with Crippen LogP contribution in [0.4, 0.5) is 10.5 Å². The van der Waals surface area contributed by atoms with Gasteiger partial charge in [-0.1, -0.05) is 0 Å². The van der Waals surface area contributed by atoms with Crippen LogP contribution in [0.3, 0.4) is 0 Å². The summed E-state index contributed by atoms with van der Waals surface area (Å²) in [5.74, 6) is 0.237. The number of benzene rings is 1. The van der Waals surface area contributed by atoms with Gasteiger partial charge in [0.15, 0.2) is 5.16 Å². The molecule has 1 fully saturated rings. The minimum Gasteiger partial charge on any atom is -0.444 e. The number of nitrogens with one attached hydrogen (secondary N) is 1. The Kier molecular flexibility index (Phi) is 5.18. The molecule has 10 heteroatoms. The number of aromatic nitrogens is 2. The van der Waals surface area contributed by atoms with Gasteiger partial charge in [0.05, 0.1) is 32.5 Å². The van der Waals surface area contributed by atoms with Crippen LogP contribution in [0.1, 0.15) is 33.6 Å². The number of nitro groups is 1. The van der Waals surface area contributed by atoms with Crippen LogP contribution in [0.25, 0.3) is 11.0 Å². The van der Waals surface area contributed by atoms with Crippen molar-refractivity contribution >= 4 is 33.6 Å². The Morgan fingerprint density at radius 1 is 1.48 bits per heavy atom. The standard InChI is InChI=1S/C17H22N4O5S/c1-17(2,3)26-16(22)20-8-4-5-12(20)10-27(25)15-18-13-7-6-11(21(23)24)9-14(13)19-15/h6-7,9,12H,4-5,8,10H2,1-3H3,(H,18,19)/t12-,27+/m1/s1. The zero-order chi connectivity index (χ0) is 19.8. The van der Waals surface area contributed by atoms with Crippen molar-refractivity contribution in [2.24, 2.45) is 0 Å². The van der Waals surface area contributed by atoms with Gasteiger partial charge in [0.2, 0.25) is 0 Å². The van der Waals surface area contributed by atoms with Crippen LogP contribution >= 0.6 is 0 Å². The Morgan fingerprint density at radius 2 is 2.22 bits per heavy atom. The zero-order valence-electron chi connectivity index (χ0n) is 15.4. The Bertz CT molecular complexity index is 904. The molecule has 1 aromatic heterocycles. The molecule has 1 amide bonds. The van der Waals surface area contributed by atoms with Crippen LogP contribution in [-0.4, -0.2) is 54.0 Å². The lowest BCUT2D eigenvalue weighted by atomic mass is 10.2. The van der Waals surface area contributed by atoms with Gasteiger partial charge in [0.25, 0.3) is 5.69 Å². The fourth-order valence-electron chi connectivity index (χ4n) is 3.02. The van der Waals surface area contributed by atoms with Crippen molar-refractivity contribution in [3.8, 4) is 0 Å². The molecule has 1 aliphatic rings. The number of non-ortho nitro benzene ring substituents is 1. The fraction of sp³-hybridized carbons (Fsp3) is 0.529. The number of aromatic amines is 1. The van der Waals surface area contributed by atoms with Gasteiger partial charge in [0, 0.05) is 24.7 Å². The average molecular weight is 394 g/mol. The minimum atomic E-state index is -1.47. The number of nitrogens with zero attached hydrogens (tertiary/aromatic N) is 3. The second-order valence-electron chi connectivity index (χ2n) is 7.48. The SMILES string of the molecule is CC(C)(C)OC(=O)N1CCC[C@@H]1C[S@](=O)c1nc2ccc([N+](=O)[O-])cc2[nH]1. The third-order valence-electron chi connectivity index (χ3n) is 4.22. The molecular weight excluding hydrogens is 372 g/mol. The third-order valence-corrected chi connectivity index (χ3v) is 5.53. The monoisotopic (exact) mass is 394 g/mol. The molecule has 1 aliphatic heterocycles. The highest BCUT2D eigenvalue weighted by molar-refractivity contribution is 7.84. The van der Waals surface area contributed by atoms with Crippen molar-refractivity contribution in [2.45, 2.75) is 50.4 Å². The molecule has 2 aromatic rings. The first-order chi connectivity index (χ1) is 12.6. The summed E-state index contributed by atoms with van der Waals surface area (Å²) >= 11 is 0. The van der Waals surface area contributed by atoms with Crippen LogP contribution in [0.5, 0.6) is 0 Å². The number of likely N-dealkylation sites (tertiary alicyclic amines) is 1. The molecule has 0 unspecified atom stereocenters. The lowest BCUT2D eigenvalue weighted by molar-refractivity contribution is -0.384. The second-order valence-corrected chi connectivity index (χ2v) is 8.89. The van der Waals surface area contributed by atoms with Crippen molar-refractivity contribution < 1.29 is 18.7 Å². The maximum atomic E-state index is 12.7. The summed E-state index contributed by atoms with van der Waals surface area (Å²) in [5, 5.41) is 11.1. The molecule has 3 rings (SSSR count). The molecule has 0 saturated carbocycles. The molecule has 27 heavy (non-hydrogen) atoms. The van der Waals surface area contributed by atoms with Crippen LogP contribution in [0, 0.1) is 10.1 Å². The molecule has 146 valence electrons. The Balaban J connectivity index is 1.73. The van der Waals surface area contributed by atoms with E-state index in [4.69, 9.17) is 4.74 Å². The lowest BCUT2D eigenvalue weighted by Crippen LogP contribution is -2.42. The maximum absolute atomic E-state index is 12.7. The summed E-state index contributed by atoms with van der Waals surface area (Å²) in [6.45, 7) is 5.99. The number of H-pyrrole nitrogens is 1. The van der Waals surface area contributed by atoms with Gasteiger partial charge >= 0.3 is 6.09 Å². The molecule has 0 radical (unpaired) electrons. The molecule has 2 heterocycles. The van der Waals surface area contributed by atoms with E-state index in [2.05, 4.69) is 9.97 Å². The molecule has 1 saturated heterocycles. The molecule has 0 spiro atoms. The van der Waals surface area contributed by atoms with Crippen molar-refractivity contribution in [3.05, 3.63) is 28.3 Å². The first kappa shape index (κ1) is 19.3. The molecule has 0 bridgehead atoms. The van der Waals surface area contributed by atoms with Crippen LogP contribution in [-0.2, 0) is 15.5 Å². The van der Waals surface area contributed by atoms with E-state index in [1.54, 1.807) is 4.90 Å². The Labute approximate surface area is 158 Å². The smallest absolute Gasteiger partial charge is 0.410 e. The number of fused-ring (bicyclic) bond motifs is 1. The molecule has 2 atom stereocenters. The zero-order valence-corrected chi connectivity index (χ0v) is 16.2. The highest BCUT2D eigenvalue weighted by Gasteiger charge is 2.33. The van der Waals surface area contributed by atoms with Crippen molar-refractivity contribution in [2.75, 3.05) is 12.3 Å². The van der Waals surface area contributed by atoms with Gasteiger partial charge in [0.1, 0.15) is 5.60 Å². The van der Waals surface area contributed by atoms with Gasteiger partial charge in [-0.25, -0.2) is 9.78 Å². The maximum Gasteiger partial charge on any atom is 0.410 e. The van der Waals surface area contributed by atoms with Gasteiger partial charge in [-0.3, -0.25) is 14.3 Å². The van der Waals surface area contributed by atoms with Crippen LogP contribution < -0.4 is 0 Å². The van der Waals surface area contributed by atoms with E-state index in [1.165, 1.54) is 18.2 Å². The molecular formula is C17H22N4O5S. The summed E-state index contributed by atoms with van der Waals surface area (Å²) < 4.78 is 18.2. The van der Waals surface area contributed by atoms with Crippen molar-refractivity contribution in [3.63, 3.8) is 0 Å². The average Bonchev–Trinajstić information content (AvgIpc) is 3.18. The summed E-state index contributed by atoms with van der Waals surface area (Å²) in [5.41, 5.74) is 0.328. The van der Waals surface area contributed by atoms with E-state index in [0.29, 0.717) is 17.6 Å². The van der Waals surface area contributed by atoms with Gasteiger partial charge in [-0.05, 0) is 39.7 Å². The fourth-order valence-corrected chi connectivity index (χ4v) is 4.30. The van der Waals surface area contributed by atoms with Gasteiger partial charge < -0.3 is 14.6 Å². The quantitative estimate of drug-likeness (QED) is 0.629. The van der Waals surface area contributed by atoms with Crippen molar-refractivity contribution in [1.82, 2.24) is 14.9 Å². The summed E-state index contributed by atoms with van der Waals surface area (Å²) in [6, 6.07) is 4.05. The predicted molar refractivity (Wildman–Crippen MR) is 100.0 cm³/mol. The first-order valence-electron chi connectivity index (χ1n) is 8.66. The number of hydrogen-bond acceptors (Lipinski definition) is 6. The van der Waals surface area contributed by atoms with E-state index < -0.39 is 27.4 Å². The van der Waals surface area contributed by atoms with E-state index in [1.807, 2.05) is 20.8 Å². The van der Waals surface area contributed by atoms with E-state index in [9.17, 15) is 19.1 Å². The normalized spacial score (nSPS) is 18.6. The number of imidazole rings is 1. The second kappa shape index (κ2) is 7.26. The van der Waals surface area contributed by atoms with Crippen molar-refractivity contribution in [1.29, 1.82) is 0 Å².